The SMILES string of the molecule is COc1ccc(Cl)cc1NC(=O)CN1C(=O)N[C@](C)(c2ccc(C)cc2)C1=O. The second kappa shape index (κ2) is 7.52. The van der Waals surface area contributed by atoms with E-state index in [1.807, 2.05) is 19.1 Å². The number of carbonyl (C=O) groups is 3. The van der Waals surface area contributed by atoms with Crippen molar-refractivity contribution >= 4 is 35.1 Å². The van der Waals surface area contributed by atoms with Crippen molar-refractivity contribution < 1.29 is 19.1 Å². The van der Waals surface area contributed by atoms with E-state index in [4.69, 9.17) is 16.3 Å². The highest BCUT2D eigenvalue weighted by molar-refractivity contribution is 6.31. The molecule has 0 unspecified atom stereocenters. The van der Waals surface area contributed by atoms with Gasteiger partial charge in [0.25, 0.3) is 5.91 Å². The molecule has 0 bridgehead atoms. The number of amides is 4. The molecule has 2 N–H and O–H groups in total. The largest absolute Gasteiger partial charge is 0.495 e. The highest BCUT2D eigenvalue weighted by Crippen LogP contribution is 2.30. The fourth-order valence-electron chi connectivity index (χ4n) is 3.03. The normalized spacial score (nSPS) is 18.8. The summed E-state index contributed by atoms with van der Waals surface area (Å²) in [6, 6.07) is 11.4. The van der Waals surface area contributed by atoms with Gasteiger partial charge in [0.1, 0.15) is 17.8 Å². The average molecular weight is 402 g/mol. The van der Waals surface area contributed by atoms with Crippen LogP contribution in [-0.4, -0.2) is 36.4 Å². The Morgan fingerprint density at radius 3 is 2.54 bits per heavy atom. The second-order valence-electron chi connectivity index (χ2n) is 6.71. The summed E-state index contributed by atoms with van der Waals surface area (Å²) in [6.07, 6.45) is 0. The molecular weight excluding hydrogens is 382 g/mol. The number of nitrogens with one attached hydrogen (secondary N) is 2. The van der Waals surface area contributed by atoms with Crippen LogP contribution in [-0.2, 0) is 15.1 Å². The van der Waals surface area contributed by atoms with Crippen molar-refractivity contribution in [3.63, 3.8) is 0 Å². The summed E-state index contributed by atoms with van der Waals surface area (Å²) in [4.78, 5) is 38.6. The van der Waals surface area contributed by atoms with E-state index in [1.54, 1.807) is 31.2 Å². The summed E-state index contributed by atoms with van der Waals surface area (Å²) >= 11 is 5.95. The Labute approximate surface area is 167 Å². The first kappa shape index (κ1) is 19.7. The molecule has 0 spiro atoms. The zero-order valence-electron chi connectivity index (χ0n) is 15.7. The molecule has 2 aromatic carbocycles. The lowest BCUT2D eigenvalue weighted by molar-refractivity contribution is -0.133. The minimum atomic E-state index is -1.22. The highest BCUT2D eigenvalue weighted by Gasteiger charge is 2.49. The van der Waals surface area contributed by atoms with Crippen molar-refractivity contribution in [2.75, 3.05) is 19.0 Å². The smallest absolute Gasteiger partial charge is 0.325 e. The third-order valence-corrected chi connectivity index (χ3v) is 4.88. The first-order valence-electron chi connectivity index (χ1n) is 8.59. The predicted octanol–water partition coefficient (Wildman–Crippen LogP) is 3.06. The Bertz CT molecular complexity index is 945. The Kier molecular flexibility index (Phi) is 5.29. The molecule has 4 amide bonds. The molecule has 7 nitrogen and oxygen atoms in total. The maximum absolute atomic E-state index is 12.9. The second-order valence-corrected chi connectivity index (χ2v) is 7.14. The van der Waals surface area contributed by atoms with Crippen molar-refractivity contribution in [1.29, 1.82) is 0 Å². The number of aryl methyl sites for hydroxylation is 1. The maximum atomic E-state index is 12.9. The van der Waals surface area contributed by atoms with E-state index in [0.717, 1.165) is 10.5 Å². The monoisotopic (exact) mass is 401 g/mol. The van der Waals surface area contributed by atoms with E-state index >= 15 is 0 Å². The van der Waals surface area contributed by atoms with Crippen molar-refractivity contribution in [2.45, 2.75) is 19.4 Å². The van der Waals surface area contributed by atoms with Crippen molar-refractivity contribution in [2.24, 2.45) is 0 Å². The van der Waals surface area contributed by atoms with E-state index in [-0.39, 0.29) is 0 Å². The Morgan fingerprint density at radius 2 is 1.89 bits per heavy atom. The lowest BCUT2D eigenvalue weighted by Crippen LogP contribution is -2.42. The van der Waals surface area contributed by atoms with Crippen LogP contribution >= 0.6 is 11.6 Å². The number of nitrogens with zero attached hydrogens (tertiary/aromatic N) is 1. The number of carbonyl (C=O) groups excluding carboxylic acids is 3. The summed E-state index contributed by atoms with van der Waals surface area (Å²) in [6.45, 7) is 3.12. The van der Waals surface area contributed by atoms with E-state index in [2.05, 4.69) is 10.6 Å². The molecule has 1 saturated heterocycles. The Balaban J connectivity index is 1.77. The number of anilines is 1. The molecule has 0 aliphatic carbocycles. The predicted molar refractivity (Wildman–Crippen MR) is 105 cm³/mol. The number of hydrogen-bond donors (Lipinski definition) is 2. The standard InChI is InChI=1S/C20H20ClN3O4/c1-12-4-6-13(7-5-12)20(2)18(26)24(19(27)23-20)11-17(25)22-15-10-14(21)8-9-16(15)28-3/h4-10H,11H2,1-3H3,(H,22,25)(H,23,27)/t20-/m1/s1. The number of imide groups is 1. The lowest BCUT2D eigenvalue weighted by atomic mass is 9.91. The van der Waals surface area contributed by atoms with Gasteiger partial charge in [-0.15, -0.1) is 0 Å². The third kappa shape index (κ3) is 3.66. The molecule has 28 heavy (non-hydrogen) atoms. The summed E-state index contributed by atoms with van der Waals surface area (Å²) in [5.41, 5.74) is 0.818. The van der Waals surface area contributed by atoms with Gasteiger partial charge in [0.05, 0.1) is 12.8 Å². The summed E-state index contributed by atoms with van der Waals surface area (Å²) in [5.74, 6) is -0.619. The van der Waals surface area contributed by atoms with Crippen LogP contribution in [0.15, 0.2) is 42.5 Å². The number of benzene rings is 2. The molecule has 3 rings (SSSR count). The van der Waals surface area contributed by atoms with Gasteiger partial charge in [0.15, 0.2) is 0 Å². The van der Waals surface area contributed by atoms with Gasteiger partial charge >= 0.3 is 6.03 Å². The summed E-state index contributed by atoms with van der Waals surface area (Å²) in [5, 5.41) is 5.72. The molecule has 0 aromatic heterocycles. The Morgan fingerprint density at radius 1 is 1.21 bits per heavy atom. The van der Waals surface area contributed by atoms with Crippen LogP contribution in [0.4, 0.5) is 10.5 Å². The fraction of sp³-hybridized carbons (Fsp3) is 0.250. The van der Waals surface area contributed by atoms with Crippen LogP contribution in [0.3, 0.4) is 0 Å². The summed E-state index contributed by atoms with van der Waals surface area (Å²) in [7, 11) is 1.46. The molecule has 1 aliphatic rings. The first-order valence-corrected chi connectivity index (χ1v) is 8.97. The number of urea groups is 1. The quantitative estimate of drug-likeness (QED) is 0.754. The van der Waals surface area contributed by atoms with Crippen LogP contribution in [0.1, 0.15) is 18.1 Å². The van der Waals surface area contributed by atoms with Crippen molar-refractivity contribution in [3.05, 3.63) is 58.6 Å². The average Bonchev–Trinajstić information content (AvgIpc) is 2.86. The molecule has 0 radical (unpaired) electrons. The summed E-state index contributed by atoms with van der Waals surface area (Å²) < 4.78 is 5.18. The van der Waals surface area contributed by atoms with Crippen molar-refractivity contribution in [3.8, 4) is 5.75 Å². The zero-order chi connectivity index (χ0) is 20.5. The highest BCUT2D eigenvalue weighted by atomic mass is 35.5. The maximum Gasteiger partial charge on any atom is 0.325 e. The molecule has 0 saturated carbocycles. The van der Waals surface area contributed by atoms with E-state index in [9.17, 15) is 14.4 Å². The van der Waals surface area contributed by atoms with Gasteiger partial charge in [0, 0.05) is 5.02 Å². The first-order chi connectivity index (χ1) is 13.2. The van der Waals surface area contributed by atoms with Crippen LogP contribution in [0.25, 0.3) is 0 Å². The Hall–Kier alpha value is -3.06. The van der Waals surface area contributed by atoms with Gasteiger partial charge in [-0.2, -0.15) is 0 Å². The van der Waals surface area contributed by atoms with E-state index in [0.29, 0.717) is 22.0 Å². The lowest BCUT2D eigenvalue weighted by Gasteiger charge is -2.22. The zero-order valence-corrected chi connectivity index (χ0v) is 16.5. The molecule has 1 atom stereocenters. The van der Waals surface area contributed by atoms with Gasteiger partial charge in [-0.1, -0.05) is 41.4 Å². The molecule has 1 aliphatic heterocycles. The number of hydrogen-bond acceptors (Lipinski definition) is 4. The molecule has 2 aromatic rings. The van der Waals surface area contributed by atoms with E-state index in [1.165, 1.54) is 13.2 Å². The number of rotatable bonds is 5. The topological polar surface area (TPSA) is 87.7 Å². The number of halogens is 1. The molecule has 1 heterocycles. The third-order valence-electron chi connectivity index (χ3n) is 4.64. The van der Waals surface area contributed by atoms with Gasteiger partial charge in [0.2, 0.25) is 5.91 Å². The minimum Gasteiger partial charge on any atom is -0.495 e. The van der Waals surface area contributed by atoms with Gasteiger partial charge in [-0.3, -0.25) is 14.5 Å². The molecule has 1 fully saturated rings. The van der Waals surface area contributed by atoms with Crippen LogP contribution in [0, 0.1) is 6.92 Å². The minimum absolute atomic E-state index is 0.355. The molecule has 8 heteroatoms. The van der Waals surface area contributed by atoms with Gasteiger partial charge < -0.3 is 15.4 Å². The van der Waals surface area contributed by atoms with Gasteiger partial charge in [-0.25, -0.2) is 4.79 Å². The number of methoxy groups -OCH3 is 1. The van der Waals surface area contributed by atoms with Crippen LogP contribution < -0.4 is 15.4 Å². The van der Waals surface area contributed by atoms with E-state index < -0.39 is 29.9 Å². The number of ether oxygens (including phenoxy) is 1. The van der Waals surface area contributed by atoms with Crippen LogP contribution in [0.2, 0.25) is 5.02 Å². The fourth-order valence-corrected chi connectivity index (χ4v) is 3.21. The molecule has 146 valence electrons. The van der Waals surface area contributed by atoms with Crippen molar-refractivity contribution in [1.82, 2.24) is 10.2 Å². The van der Waals surface area contributed by atoms with Crippen LogP contribution in [0.5, 0.6) is 5.75 Å². The van der Waals surface area contributed by atoms with Gasteiger partial charge in [-0.05, 0) is 37.6 Å². The molecular formula is C20H20ClN3O4.